The predicted octanol–water partition coefficient (Wildman–Crippen LogP) is 4.86. The lowest BCUT2D eigenvalue weighted by Gasteiger charge is -2.23. The molecule has 2 atom stereocenters. The zero-order chi connectivity index (χ0) is 27.4. The lowest BCUT2D eigenvalue weighted by molar-refractivity contribution is -0.127. The van der Waals surface area contributed by atoms with E-state index >= 15 is 0 Å². The standard InChI is InChI=1S/C23H31FN6OS.C3H8O2/c1-13-18(21-29-19-14(2)25-9-8-17(19)32-21)20(30-22(27-13)26-10-11-31-5)28-16-7-6-15(12-16)23(3,4)24;1-3(2,4)5/h8-9,15-16H,6-7,10-12H2,1-5H3,(H2,26,27,28,30);4-5H,1-2H3/t15?,16-;/m0./s1. The molecule has 3 aromatic rings. The first-order chi connectivity index (χ1) is 17.3. The summed E-state index contributed by atoms with van der Waals surface area (Å²) in [7, 11) is 1.66. The number of hydrogen-bond acceptors (Lipinski definition) is 10. The number of fused-ring (bicyclic) bond motifs is 1. The van der Waals surface area contributed by atoms with E-state index in [9.17, 15) is 4.39 Å². The number of methoxy groups -OCH3 is 1. The normalized spacial score (nSPS) is 18.0. The Balaban J connectivity index is 0.000000695. The summed E-state index contributed by atoms with van der Waals surface area (Å²) in [5.74, 6) is -0.170. The van der Waals surface area contributed by atoms with Crippen molar-refractivity contribution in [3.63, 3.8) is 0 Å². The molecule has 4 rings (SSSR count). The second-order valence-corrected chi connectivity index (χ2v) is 11.5. The van der Waals surface area contributed by atoms with Crippen molar-refractivity contribution in [3.8, 4) is 10.6 Å². The van der Waals surface area contributed by atoms with Gasteiger partial charge in [0.05, 0.1) is 28.3 Å². The second kappa shape index (κ2) is 11.9. The van der Waals surface area contributed by atoms with Crippen molar-refractivity contribution in [2.24, 2.45) is 5.92 Å². The zero-order valence-electron chi connectivity index (χ0n) is 22.7. The van der Waals surface area contributed by atoms with Gasteiger partial charge in [0.25, 0.3) is 0 Å². The molecule has 1 aliphatic rings. The van der Waals surface area contributed by atoms with E-state index in [1.807, 2.05) is 26.1 Å². The van der Waals surface area contributed by atoms with E-state index in [1.165, 1.54) is 13.8 Å². The topological polar surface area (TPSA) is 125 Å². The van der Waals surface area contributed by atoms with Crippen LogP contribution in [0.15, 0.2) is 12.3 Å². The van der Waals surface area contributed by atoms with Gasteiger partial charge in [-0.25, -0.2) is 14.4 Å². The molecule has 0 spiro atoms. The fourth-order valence-corrected chi connectivity index (χ4v) is 5.41. The Morgan fingerprint density at radius 1 is 1.11 bits per heavy atom. The molecule has 1 fully saturated rings. The number of anilines is 2. The molecule has 0 aromatic carbocycles. The van der Waals surface area contributed by atoms with Crippen LogP contribution in [0.3, 0.4) is 0 Å². The Morgan fingerprint density at radius 2 is 1.81 bits per heavy atom. The number of rotatable bonds is 8. The number of nitrogens with one attached hydrogen (secondary N) is 2. The van der Waals surface area contributed by atoms with Crippen molar-refractivity contribution in [1.29, 1.82) is 0 Å². The van der Waals surface area contributed by atoms with E-state index in [0.717, 1.165) is 57.3 Å². The number of aliphatic hydroxyl groups is 2. The van der Waals surface area contributed by atoms with Gasteiger partial charge in [-0.15, -0.1) is 11.3 Å². The molecule has 4 N–H and O–H groups in total. The Morgan fingerprint density at radius 3 is 2.41 bits per heavy atom. The van der Waals surface area contributed by atoms with Crippen LogP contribution >= 0.6 is 11.3 Å². The predicted molar refractivity (Wildman–Crippen MR) is 147 cm³/mol. The van der Waals surface area contributed by atoms with Crippen LogP contribution in [0.2, 0.25) is 0 Å². The molecule has 11 heteroatoms. The molecule has 9 nitrogen and oxygen atoms in total. The van der Waals surface area contributed by atoms with E-state index in [0.29, 0.717) is 19.1 Å². The SMILES string of the molecule is CC(C)(O)O.COCCNc1nc(C)c(-c2nc3c(C)nccc3s2)c(N[C@H]2CCC(C(C)(C)F)C2)n1. The maximum atomic E-state index is 14.5. The first-order valence-corrected chi connectivity index (χ1v) is 13.3. The number of aryl methyl sites for hydroxylation is 2. The van der Waals surface area contributed by atoms with Gasteiger partial charge < -0.3 is 25.6 Å². The van der Waals surface area contributed by atoms with Crippen molar-refractivity contribution in [3.05, 3.63) is 23.7 Å². The number of thiazole rings is 1. The van der Waals surface area contributed by atoms with Gasteiger partial charge in [0, 0.05) is 25.9 Å². The minimum Gasteiger partial charge on any atom is -0.383 e. The summed E-state index contributed by atoms with van der Waals surface area (Å²) < 4.78 is 20.7. The minimum atomic E-state index is -1.50. The molecule has 1 unspecified atom stereocenters. The van der Waals surface area contributed by atoms with Gasteiger partial charge in [0.2, 0.25) is 5.95 Å². The molecule has 0 saturated heterocycles. The van der Waals surface area contributed by atoms with Crippen LogP contribution in [0.1, 0.15) is 58.3 Å². The highest BCUT2D eigenvalue weighted by Gasteiger charge is 2.36. The zero-order valence-corrected chi connectivity index (χ0v) is 23.5. The number of nitrogens with zero attached hydrogens (tertiary/aromatic N) is 4. The molecule has 3 aromatic heterocycles. The third-order valence-corrected chi connectivity index (χ3v) is 7.17. The highest BCUT2D eigenvalue weighted by Crippen LogP contribution is 2.40. The minimum absolute atomic E-state index is 0.0434. The third-order valence-electron chi connectivity index (χ3n) is 6.13. The van der Waals surface area contributed by atoms with E-state index in [-0.39, 0.29) is 12.0 Å². The smallest absolute Gasteiger partial charge is 0.224 e. The number of pyridine rings is 1. The lowest BCUT2D eigenvalue weighted by Crippen LogP contribution is -2.26. The Bertz CT molecular complexity index is 1190. The van der Waals surface area contributed by atoms with E-state index in [1.54, 1.807) is 32.3 Å². The second-order valence-electron chi connectivity index (χ2n) is 10.4. The summed E-state index contributed by atoms with van der Waals surface area (Å²) in [6.45, 7) is 11.1. The maximum Gasteiger partial charge on any atom is 0.224 e. The van der Waals surface area contributed by atoms with Crippen molar-refractivity contribution in [2.75, 3.05) is 30.9 Å². The molecule has 0 aliphatic heterocycles. The highest BCUT2D eigenvalue weighted by atomic mass is 32.1. The molecule has 204 valence electrons. The fraction of sp³-hybridized carbons (Fsp3) is 0.615. The molecule has 0 radical (unpaired) electrons. The quantitative estimate of drug-likeness (QED) is 0.237. The molecule has 1 aliphatic carbocycles. The molecule has 0 amide bonds. The van der Waals surface area contributed by atoms with E-state index in [2.05, 4.69) is 20.6 Å². The fourth-order valence-electron chi connectivity index (χ4n) is 4.30. The summed E-state index contributed by atoms with van der Waals surface area (Å²) >= 11 is 1.61. The van der Waals surface area contributed by atoms with Crippen LogP contribution in [0, 0.1) is 19.8 Å². The van der Waals surface area contributed by atoms with E-state index in [4.69, 9.17) is 24.9 Å². The van der Waals surface area contributed by atoms with Crippen LogP contribution in [0.5, 0.6) is 0 Å². The Hall–Kier alpha value is -2.47. The lowest BCUT2D eigenvalue weighted by atomic mass is 9.91. The van der Waals surface area contributed by atoms with Crippen LogP contribution in [0.25, 0.3) is 20.8 Å². The van der Waals surface area contributed by atoms with E-state index < -0.39 is 11.5 Å². The summed E-state index contributed by atoms with van der Waals surface area (Å²) in [5, 5.41) is 23.8. The van der Waals surface area contributed by atoms with Gasteiger partial charge in [0.15, 0.2) is 5.79 Å². The van der Waals surface area contributed by atoms with Gasteiger partial charge in [-0.3, -0.25) is 4.98 Å². The summed E-state index contributed by atoms with van der Waals surface area (Å²) in [4.78, 5) is 18.7. The molecular weight excluding hydrogens is 495 g/mol. The summed E-state index contributed by atoms with van der Waals surface area (Å²) in [5.41, 5.74) is 2.36. The molecule has 0 bridgehead atoms. The number of halogens is 1. The number of alkyl halides is 1. The van der Waals surface area contributed by atoms with Crippen LogP contribution in [-0.4, -0.2) is 67.9 Å². The molecular formula is C26H39FN6O3S. The largest absolute Gasteiger partial charge is 0.383 e. The van der Waals surface area contributed by atoms with Crippen LogP contribution in [0.4, 0.5) is 16.2 Å². The summed E-state index contributed by atoms with van der Waals surface area (Å²) in [6.07, 6.45) is 4.37. The van der Waals surface area contributed by atoms with Crippen molar-refractivity contribution in [1.82, 2.24) is 19.9 Å². The van der Waals surface area contributed by atoms with Gasteiger partial charge in [-0.2, -0.15) is 4.98 Å². The van der Waals surface area contributed by atoms with Crippen LogP contribution in [-0.2, 0) is 4.74 Å². The molecule has 3 heterocycles. The van der Waals surface area contributed by atoms with Crippen molar-refractivity contribution in [2.45, 2.75) is 78.3 Å². The van der Waals surface area contributed by atoms with Gasteiger partial charge in [0.1, 0.15) is 22.0 Å². The highest BCUT2D eigenvalue weighted by molar-refractivity contribution is 7.21. The number of aromatic nitrogens is 4. The van der Waals surface area contributed by atoms with Crippen LogP contribution < -0.4 is 10.6 Å². The molecule has 37 heavy (non-hydrogen) atoms. The average molecular weight is 535 g/mol. The average Bonchev–Trinajstić information content (AvgIpc) is 3.40. The third kappa shape index (κ3) is 8.26. The van der Waals surface area contributed by atoms with Gasteiger partial charge in [-0.1, -0.05) is 0 Å². The van der Waals surface area contributed by atoms with Crippen molar-refractivity contribution >= 4 is 33.3 Å². The maximum absolute atomic E-state index is 14.5. The van der Waals surface area contributed by atoms with Crippen molar-refractivity contribution < 1.29 is 19.3 Å². The number of ether oxygens (including phenoxy) is 1. The Kier molecular flexibility index (Phi) is 9.38. The molecule has 1 saturated carbocycles. The first-order valence-electron chi connectivity index (χ1n) is 12.5. The summed E-state index contributed by atoms with van der Waals surface area (Å²) in [6, 6.07) is 2.14. The first kappa shape index (κ1) is 29.1. The van der Waals surface area contributed by atoms with Gasteiger partial charge in [-0.05, 0) is 72.8 Å². The number of hydrogen-bond donors (Lipinski definition) is 4. The Labute approximate surface area is 221 Å². The monoisotopic (exact) mass is 534 g/mol. The van der Waals surface area contributed by atoms with Gasteiger partial charge >= 0.3 is 0 Å².